The van der Waals surface area contributed by atoms with Crippen LogP contribution < -0.4 is 16.0 Å². The highest BCUT2D eigenvalue weighted by molar-refractivity contribution is 9.10. The van der Waals surface area contributed by atoms with E-state index in [2.05, 4.69) is 38.3 Å². The molecule has 104 valence electrons. The number of amides is 1. The normalized spacial score (nSPS) is 19.6. The second-order valence-corrected chi connectivity index (χ2v) is 6.52. The molecule has 1 aromatic rings. The maximum absolute atomic E-state index is 11.8. The summed E-state index contributed by atoms with van der Waals surface area (Å²) in [5.74, 6) is -0.0878. The minimum atomic E-state index is -0.814. The lowest BCUT2D eigenvalue weighted by atomic mass is 10.1. The molecule has 0 bridgehead atoms. The fourth-order valence-electron chi connectivity index (χ4n) is 2.14. The van der Waals surface area contributed by atoms with Gasteiger partial charge in [0.15, 0.2) is 0 Å². The number of halogens is 1. The van der Waals surface area contributed by atoms with Gasteiger partial charge in [-0.25, -0.2) is 0 Å². The third-order valence-corrected chi connectivity index (χ3v) is 3.83. The SMILES string of the molecule is CC(C)(N)C(=O)NC1CCN(c2ccc(Br)cc2)C1. The molecule has 5 heteroatoms. The second kappa shape index (κ2) is 5.51. The number of nitrogens with two attached hydrogens (primary N) is 1. The van der Waals surface area contributed by atoms with E-state index in [1.54, 1.807) is 13.8 Å². The van der Waals surface area contributed by atoms with Gasteiger partial charge in [-0.15, -0.1) is 0 Å². The topological polar surface area (TPSA) is 58.4 Å². The zero-order valence-corrected chi connectivity index (χ0v) is 12.9. The monoisotopic (exact) mass is 325 g/mol. The van der Waals surface area contributed by atoms with Crippen LogP contribution in [0.3, 0.4) is 0 Å². The predicted molar refractivity (Wildman–Crippen MR) is 81.2 cm³/mol. The number of carbonyl (C=O) groups excluding carboxylic acids is 1. The van der Waals surface area contributed by atoms with Gasteiger partial charge < -0.3 is 16.0 Å². The molecule has 1 fully saturated rings. The first kappa shape index (κ1) is 14.3. The molecular weight excluding hydrogens is 306 g/mol. The Bertz CT molecular complexity index is 453. The summed E-state index contributed by atoms with van der Waals surface area (Å²) in [7, 11) is 0. The Labute approximate surface area is 122 Å². The van der Waals surface area contributed by atoms with Crippen molar-refractivity contribution in [2.45, 2.75) is 31.8 Å². The molecule has 0 aromatic heterocycles. The van der Waals surface area contributed by atoms with Crippen molar-refractivity contribution in [2.75, 3.05) is 18.0 Å². The molecule has 4 nitrogen and oxygen atoms in total. The van der Waals surface area contributed by atoms with E-state index in [1.165, 1.54) is 5.69 Å². The molecule has 3 N–H and O–H groups in total. The summed E-state index contributed by atoms with van der Waals surface area (Å²) in [6.07, 6.45) is 0.956. The number of hydrogen-bond donors (Lipinski definition) is 2. The second-order valence-electron chi connectivity index (χ2n) is 5.60. The average molecular weight is 326 g/mol. The van der Waals surface area contributed by atoms with Crippen molar-refractivity contribution >= 4 is 27.5 Å². The lowest BCUT2D eigenvalue weighted by Crippen LogP contribution is -2.52. The van der Waals surface area contributed by atoms with Gasteiger partial charge in [0.2, 0.25) is 5.91 Å². The number of hydrogen-bond acceptors (Lipinski definition) is 3. The third kappa shape index (κ3) is 3.70. The quantitative estimate of drug-likeness (QED) is 0.892. The van der Waals surface area contributed by atoms with Crippen LogP contribution in [-0.2, 0) is 4.79 Å². The maximum atomic E-state index is 11.8. The van der Waals surface area contributed by atoms with Crippen molar-refractivity contribution < 1.29 is 4.79 Å². The maximum Gasteiger partial charge on any atom is 0.239 e. The highest BCUT2D eigenvalue weighted by atomic mass is 79.9. The first-order chi connectivity index (χ1) is 8.86. The first-order valence-electron chi connectivity index (χ1n) is 6.46. The molecule has 1 saturated heterocycles. The Balaban J connectivity index is 1.93. The van der Waals surface area contributed by atoms with Crippen molar-refractivity contribution in [3.05, 3.63) is 28.7 Å². The number of rotatable bonds is 3. The molecule has 1 aromatic carbocycles. The minimum Gasteiger partial charge on any atom is -0.369 e. The summed E-state index contributed by atoms with van der Waals surface area (Å²) in [6.45, 7) is 5.24. The van der Waals surface area contributed by atoms with Crippen molar-refractivity contribution in [2.24, 2.45) is 5.73 Å². The van der Waals surface area contributed by atoms with Crippen LogP contribution in [0.1, 0.15) is 20.3 Å². The lowest BCUT2D eigenvalue weighted by molar-refractivity contribution is -0.125. The molecule has 1 unspecified atom stereocenters. The summed E-state index contributed by atoms with van der Waals surface area (Å²) in [5, 5.41) is 3.02. The number of anilines is 1. The van der Waals surface area contributed by atoms with Gasteiger partial charge in [0.1, 0.15) is 0 Å². The van der Waals surface area contributed by atoms with Gasteiger partial charge >= 0.3 is 0 Å². The number of nitrogens with one attached hydrogen (secondary N) is 1. The van der Waals surface area contributed by atoms with Crippen molar-refractivity contribution in [3.8, 4) is 0 Å². The summed E-state index contributed by atoms with van der Waals surface area (Å²) in [6, 6.07) is 8.41. The smallest absolute Gasteiger partial charge is 0.239 e. The zero-order chi connectivity index (χ0) is 14.0. The van der Waals surface area contributed by atoms with Crippen LogP contribution in [0.5, 0.6) is 0 Å². The molecule has 1 amide bonds. The van der Waals surface area contributed by atoms with Gasteiger partial charge in [-0.1, -0.05) is 15.9 Å². The molecule has 0 spiro atoms. The zero-order valence-electron chi connectivity index (χ0n) is 11.3. The van der Waals surface area contributed by atoms with E-state index in [0.29, 0.717) is 0 Å². The molecule has 0 aliphatic carbocycles. The molecule has 1 aliphatic heterocycles. The van der Waals surface area contributed by atoms with Crippen LogP contribution in [0.25, 0.3) is 0 Å². The molecule has 0 saturated carbocycles. The third-order valence-electron chi connectivity index (χ3n) is 3.30. The van der Waals surface area contributed by atoms with Crippen molar-refractivity contribution in [3.63, 3.8) is 0 Å². The Hall–Kier alpha value is -1.07. The van der Waals surface area contributed by atoms with Crippen LogP contribution in [0, 0.1) is 0 Å². The fraction of sp³-hybridized carbons (Fsp3) is 0.500. The Kier molecular flexibility index (Phi) is 4.16. The summed E-state index contributed by atoms with van der Waals surface area (Å²) < 4.78 is 1.07. The highest BCUT2D eigenvalue weighted by Gasteiger charge is 2.28. The van der Waals surface area contributed by atoms with E-state index in [0.717, 1.165) is 24.0 Å². The van der Waals surface area contributed by atoms with E-state index in [1.807, 2.05) is 12.1 Å². The standard InChI is InChI=1S/C14H20BrN3O/c1-14(2,16)13(19)17-11-7-8-18(9-11)12-5-3-10(15)4-6-12/h3-6,11H,7-9,16H2,1-2H3,(H,17,19). The Morgan fingerprint density at radius 1 is 1.42 bits per heavy atom. The van der Waals surface area contributed by atoms with Crippen LogP contribution in [0.15, 0.2) is 28.7 Å². The highest BCUT2D eigenvalue weighted by Crippen LogP contribution is 2.22. The van der Waals surface area contributed by atoms with E-state index >= 15 is 0 Å². The van der Waals surface area contributed by atoms with Gasteiger partial charge in [-0.2, -0.15) is 0 Å². The number of carbonyl (C=O) groups is 1. The Morgan fingerprint density at radius 3 is 2.63 bits per heavy atom. The molecule has 2 rings (SSSR count). The van der Waals surface area contributed by atoms with Gasteiger partial charge in [-0.3, -0.25) is 4.79 Å². The van der Waals surface area contributed by atoms with E-state index < -0.39 is 5.54 Å². The predicted octanol–water partition coefficient (Wildman–Crippen LogP) is 1.88. The molecule has 19 heavy (non-hydrogen) atoms. The van der Waals surface area contributed by atoms with Gasteiger partial charge in [0.05, 0.1) is 5.54 Å². The number of benzene rings is 1. The molecular formula is C14H20BrN3O. The summed E-state index contributed by atoms with van der Waals surface area (Å²) in [4.78, 5) is 14.1. The van der Waals surface area contributed by atoms with Gasteiger partial charge in [0.25, 0.3) is 0 Å². The van der Waals surface area contributed by atoms with E-state index in [4.69, 9.17) is 5.73 Å². The van der Waals surface area contributed by atoms with Crippen LogP contribution in [0.2, 0.25) is 0 Å². The van der Waals surface area contributed by atoms with Gasteiger partial charge in [-0.05, 0) is 44.5 Å². The van der Waals surface area contributed by atoms with Crippen molar-refractivity contribution in [1.82, 2.24) is 5.32 Å². The largest absolute Gasteiger partial charge is 0.369 e. The molecule has 1 heterocycles. The first-order valence-corrected chi connectivity index (χ1v) is 7.26. The van der Waals surface area contributed by atoms with Crippen LogP contribution >= 0.6 is 15.9 Å². The summed E-state index contributed by atoms with van der Waals surface area (Å²) >= 11 is 3.43. The number of nitrogens with zero attached hydrogens (tertiary/aromatic N) is 1. The van der Waals surface area contributed by atoms with Crippen molar-refractivity contribution in [1.29, 1.82) is 0 Å². The molecule has 0 radical (unpaired) electrons. The fourth-order valence-corrected chi connectivity index (χ4v) is 2.40. The minimum absolute atomic E-state index is 0.0878. The van der Waals surface area contributed by atoms with Crippen LogP contribution in [-0.4, -0.2) is 30.6 Å². The molecule has 1 aliphatic rings. The lowest BCUT2D eigenvalue weighted by Gasteiger charge is -2.22. The Morgan fingerprint density at radius 2 is 2.05 bits per heavy atom. The molecule has 1 atom stereocenters. The van der Waals surface area contributed by atoms with Gasteiger partial charge in [0, 0.05) is 29.3 Å². The van der Waals surface area contributed by atoms with Crippen LogP contribution in [0.4, 0.5) is 5.69 Å². The summed E-state index contributed by atoms with van der Waals surface area (Å²) in [5.41, 5.74) is 6.16. The van der Waals surface area contributed by atoms with E-state index in [-0.39, 0.29) is 11.9 Å². The van der Waals surface area contributed by atoms with E-state index in [9.17, 15) is 4.79 Å². The average Bonchev–Trinajstić information content (AvgIpc) is 2.77.